The summed E-state index contributed by atoms with van der Waals surface area (Å²) in [5, 5.41) is 14.7. The second-order valence-corrected chi connectivity index (χ2v) is 6.63. The minimum Gasteiger partial charge on any atom is -0.467 e. The van der Waals surface area contributed by atoms with E-state index in [0.717, 1.165) is 25.3 Å². The summed E-state index contributed by atoms with van der Waals surface area (Å²) in [7, 11) is 0. The van der Waals surface area contributed by atoms with Crippen molar-refractivity contribution in [3.8, 4) is 0 Å². The Bertz CT molecular complexity index is 596. The lowest BCUT2D eigenvalue weighted by Crippen LogP contribution is -2.46. The zero-order valence-corrected chi connectivity index (χ0v) is 14.3. The molecule has 24 heavy (non-hydrogen) atoms. The number of furan rings is 1. The summed E-state index contributed by atoms with van der Waals surface area (Å²) >= 11 is 0. The van der Waals surface area contributed by atoms with Crippen molar-refractivity contribution in [1.29, 1.82) is 0 Å². The lowest BCUT2D eigenvalue weighted by Gasteiger charge is -2.36. The van der Waals surface area contributed by atoms with Crippen molar-refractivity contribution in [3.05, 3.63) is 42.1 Å². The van der Waals surface area contributed by atoms with Crippen LogP contribution < -0.4 is 0 Å². The van der Waals surface area contributed by atoms with Gasteiger partial charge in [-0.15, -0.1) is 0 Å². The predicted octanol–water partition coefficient (Wildman–Crippen LogP) is 2.22. The van der Waals surface area contributed by atoms with Crippen LogP contribution in [0.25, 0.3) is 0 Å². The first-order chi connectivity index (χ1) is 11.7. The van der Waals surface area contributed by atoms with Crippen LogP contribution in [0.5, 0.6) is 0 Å². The number of hydrogen-bond acceptors (Lipinski definition) is 5. The van der Waals surface area contributed by atoms with Crippen LogP contribution in [0.1, 0.15) is 30.6 Å². The van der Waals surface area contributed by atoms with Crippen LogP contribution >= 0.6 is 0 Å². The van der Waals surface area contributed by atoms with Crippen molar-refractivity contribution in [3.63, 3.8) is 0 Å². The summed E-state index contributed by atoms with van der Waals surface area (Å²) < 4.78 is 12.8. The van der Waals surface area contributed by atoms with Gasteiger partial charge >= 0.3 is 0 Å². The molecule has 1 aliphatic rings. The van der Waals surface area contributed by atoms with Crippen molar-refractivity contribution in [2.45, 2.75) is 51.5 Å². The number of rotatable bonds is 8. The van der Waals surface area contributed by atoms with Gasteiger partial charge in [0.25, 0.3) is 0 Å². The van der Waals surface area contributed by atoms with E-state index in [-0.39, 0.29) is 0 Å². The molecule has 6 heteroatoms. The Morgan fingerprint density at radius 2 is 2.38 bits per heavy atom. The predicted molar refractivity (Wildman–Crippen MR) is 90.5 cm³/mol. The Morgan fingerprint density at radius 1 is 1.46 bits per heavy atom. The largest absolute Gasteiger partial charge is 0.467 e. The fourth-order valence-corrected chi connectivity index (χ4v) is 3.30. The lowest BCUT2D eigenvalue weighted by molar-refractivity contribution is -0.00928. The van der Waals surface area contributed by atoms with Gasteiger partial charge in [0.1, 0.15) is 12.4 Å². The Labute approximate surface area is 143 Å². The Morgan fingerprint density at radius 3 is 3.12 bits per heavy atom. The number of ether oxygens (including phenoxy) is 1. The molecule has 0 aliphatic carbocycles. The van der Waals surface area contributed by atoms with E-state index in [2.05, 4.69) is 23.1 Å². The smallest absolute Gasteiger partial charge is 0.129 e. The summed E-state index contributed by atoms with van der Waals surface area (Å²) in [4.78, 5) is 2.38. The molecule has 0 spiro atoms. The minimum absolute atomic E-state index is 0.324. The van der Waals surface area contributed by atoms with Crippen LogP contribution in [-0.2, 0) is 17.9 Å². The molecular weight excluding hydrogens is 306 g/mol. The monoisotopic (exact) mass is 333 g/mol. The number of β-amino-alcohol motifs (C(OH)–C–C–N with tert-alkyl or cyclic N) is 1. The van der Waals surface area contributed by atoms with E-state index in [9.17, 15) is 5.11 Å². The molecule has 6 nitrogen and oxygen atoms in total. The number of piperidine rings is 1. The molecule has 0 aromatic carbocycles. The van der Waals surface area contributed by atoms with Gasteiger partial charge in [-0.05, 0) is 44.0 Å². The fraction of sp³-hybridized carbons (Fsp3) is 0.611. The summed E-state index contributed by atoms with van der Waals surface area (Å²) in [5.74, 6) is 0.784. The van der Waals surface area contributed by atoms with Crippen molar-refractivity contribution in [2.75, 3.05) is 19.7 Å². The highest BCUT2D eigenvalue weighted by molar-refractivity contribution is 5.00. The van der Waals surface area contributed by atoms with Crippen molar-refractivity contribution in [1.82, 2.24) is 14.7 Å². The number of aryl methyl sites for hydroxylation is 1. The topological polar surface area (TPSA) is 63.7 Å². The van der Waals surface area contributed by atoms with Gasteiger partial charge in [-0.25, -0.2) is 0 Å². The van der Waals surface area contributed by atoms with Gasteiger partial charge in [0, 0.05) is 18.8 Å². The molecule has 2 aromatic heterocycles. The molecule has 1 aliphatic heterocycles. The molecule has 3 rings (SSSR count). The maximum Gasteiger partial charge on any atom is 0.129 e. The first kappa shape index (κ1) is 17.2. The molecule has 1 saturated heterocycles. The molecular formula is C18H27N3O3. The lowest BCUT2D eigenvalue weighted by atomic mass is 10.0. The van der Waals surface area contributed by atoms with E-state index in [1.165, 1.54) is 18.4 Å². The fourth-order valence-electron chi connectivity index (χ4n) is 3.30. The summed E-state index contributed by atoms with van der Waals surface area (Å²) in [6, 6.07) is 4.14. The maximum absolute atomic E-state index is 10.3. The van der Waals surface area contributed by atoms with Gasteiger partial charge in [-0.1, -0.05) is 6.42 Å². The van der Waals surface area contributed by atoms with Gasteiger partial charge in [-0.3, -0.25) is 9.58 Å². The molecule has 0 bridgehead atoms. The average Bonchev–Trinajstić information content (AvgIpc) is 3.21. The molecule has 0 unspecified atom stereocenters. The summed E-state index contributed by atoms with van der Waals surface area (Å²) in [6.45, 7) is 5.34. The number of aliphatic hydroxyl groups excluding tert-OH is 1. The molecule has 2 aromatic rings. The number of hydrogen-bond donors (Lipinski definition) is 1. The minimum atomic E-state index is -0.486. The van der Waals surface area contributed by atoms with Crippen LogP contribution in [0.15, 0.2) is 35.2 Å². The molecule has 1 N–H and O–H groups in total. The Kier molecular flexibility index (Phi) is 6.07. The van der Waals surface area contributed by atoms with Crippen molar-refractivity contribution in [2.24, 2.45) is 0 Å². The van der Waals surface area contributed by atoms with Crippen molar-refractivity contribution < 1.29 is 14.3 Å². The second-order valence-electron chi connectivity index (χ2n) is 6.63. The second kappa shape index (κ2) is 8.46. The highest BCUT2D eigenvalue weighted by atomic mass is 16.5. The maximum atomic E-state index is 10.3. The number of likely N-dealkylation sites (tertiary alicyclic amines) is 1. The zero-order valence-electron chi connectivity index (χ0n) is 14.3. The van der Waals surface area contributed by atoms with Crippen LogP contribution in [0.3, 0.4) is 0 Å². The third-order valence-electron chi connectivity index (χ3n) is 4.49. The van der Waals surface area contributed by atoms with E-state index < -0.39 is 6.10 Å². The first-order valence-electron chi connectivity index (χ1n) is 8.72. The van der Waals surface area contributed by atoms with E-state index in [1.54, 1.807) is 6.26 Å². The molecule has 0 amide bonds. The van der Waals surface area contributed by atoms with Crippen LogP contribution in [0.4, 0.5) is 0 Å². The number of aromatic nitrogens is 2. The van der Waals surface area contributed by atoms with Gasteiger partial charge in [0.05, 0.1) is 31.7 Å². The third-order valence-corrected chi connectivity index (χ3v) is 4.49. The van der Waals surface area contributed by atoms with Gasteiger partial charge in [-0.2, -0.15) is 5.10 Å². The highest BCUT2D eigenvalue weighted by Gasteiger charge is 2.25. The van der Waals surface area contributed by atoms with Gasteiger partial charge in [0.2, 0.25) is 0 Å². The average molecular weight is 333 g/mol. The van der Waals surface area contributed by atoms with Crippen molar-refractivity contribution >= 4 is 0 Å². The Hall–Kier alpha value is -1.63. The quantitative estimate of drug-likeness (QED) is 0.802. The van der Waals surface area contributed by atoms with Crippen LogP contribution in [-0.4, -0.2) is 51.6 Å². The standard InChI is InChI=1S/C18H27N3O3/c1-15-9-19-21(10-15)11-16-5-2-3-7-20(16)12-17(22)13-23-14-18-6-4-8-24-18/h4,6,8-10,16-17,22H,2-3,5,7,11-14H2,1H3/t16-,17-/m1/s1. The van der Waals surface area contributed by atoms with Gasteiger partial charge < -0.3 is 14.3 Å². The summed E-state index contributed by atoms with van der Waals surface area (Å²) in [5.41, 5.74) is 1.18. The number of aliphatic hydroxyl groups is 1. The van der Waals surface area contributed by atoms with Crippen LogP contribution in [0, 0.1) is 6.92 Å². The Balaban J connectivity index is 1.45. The number of nitrogens with zero attached hydrogens (tertiary/aromatic N) is 3. The molecule has 132 valence electrons. The van der Waals surface area contributed by atoms with Gasteiger partial charge in [0.15, 0.2) is 0 Å². The van der Waals surface area contributed by atoms with E-state index in [1.807, 2.05) is 23.0 Å². The first-order valence-corrected chi connectivity index (χ1v) is 8.72. The zero-order chi connectivity index (χ0) is 16.8. The van der Waals surface area contributed by atoms with E-state index in [0.29, 0.717) is 25.8 Å². The van der Waals surface area contributed by atoms with E-state index in [4.69, 9.17) is 9.15 Å². The van der Waals surface area contributed by atoms with E-state index >= 15 is 0 Å². The third kappa shape index (κ3) is 4.93. The summed E-state index contributed by atoms with van der Waals surface area (Å²) in [6.07, 6.45) is 8.70. The SMILES string of the molecule is Cc1cnn(C[C@H]2CCCCN2C[C@@H](O)COCc2ccco2)c1. The highest BCUT2D eigenvalue weighted by Crippen LogP contribution is 2.19. The molecule has 0 radical (unpaired) electrons. The molecule has 3 heterocycles. The molecule has 1 fully saturated rings. The molecule has 0 saturated carbocycles. The normalized spacial score (nSPS) is 20.3. The van der Waals surface area contributed by atoms with Crippen LogP contribution in [0.2, 0.25) is 0 Å². The molecule has 2 atom stereocenters.